The van der Waals surface area contributed by atoms with Crippen molar-refractivity contribution in [1.82, 2.24) is 9.29 Å². The molecule has 0 aliphatic rings. The zero-order valence-corrected chi connectivity index (χ0v) is 11.4. The van der Waals surface area contributed by atoms with Crippen LogP contribution in [0.5, 0.6) is 0 Å². The molecule has 2 N–H and O–H groups in total. The fraction of sp³-hybridized carbons (Fsp3) is 0.500. The maximum absolute atomic E-state index is 12.1. The molecule has 0 aliphatic carbocycles. The number of carbonyl (C=O) groups is 1. The maximum atomic E-state index is 12.1. The Hall–Kier alpha value is -1.55. The monoisotopic (exact) mass is 314 g/mol. The first-order valence-corrected chi connectivity index (χ1v) is 6.89. The number of alkyl halides is 3. The van der Waals surface area contributed by atoms with Crippen LogP contribution in [0.25, 0.3) is 0 Å². The summed E-state index contributed by atoms with van der Waals surface area (Å²) in [6.45, 7) is 1.08. The van der Waals surface area contributed by atoms with Gasteiger partial charge in [0.2, 0.25) is 10.0 Å². The normalized spacial score (nSPS) is 14.2. The topological polar surface area (TPSA) is 88.4 Å². The second-order valence-electron chi connectivity index (χ2n) is 4.32. The number of aromatic nitrogens is 1. The van der Waals surface area contributed by atoms with Gasteiger partial charge in [0.1, 0.15) is 10.6 Å². The molecule has 0 fully saturated rings. The van der Waals surface area contributed by atoms with E-state index in [4.69, 9.17) is 5.11 Å². The van der Waals surface area contributed by atoms with E-state index in [1.165, 1.54) is 7.05 Å². The molecule has 0 aromatic carbocycles. The molecular formula is C10H13F3N2O4S. The quantitative estimate of drug-likeness (QED) is 0.858. The minimum Gasteiger partial charge on any atom is -0.477 e. The number of nitrogens with zero attached hydrogens (tertiary/aromatic N) is 1. The van der Waals surface area contributed by atoms with Crippen molar-refractivity contribution >= 4 is 16.0 Å². The van der Waals surface area contributed by atoms with Gasteiger partial charge in [-0.2, -0.15) is 13.2 Å². The molecule has 1 aromatic heterocycles. The highest BCUT2D eigenvalue weighted by Gasteiger charge is 2.32. The van der Waals surface area contributed by atoms with Crippen LogP contribution in [-0.4, -0.2) is 36.3 Å². The van der Waals surface area contributed by atoms with Crippen LogP contribution in [0.1, 0.15) is 23.8 Å². The van der Waals surface area contributed by atoms with Gasteiger partial charge in [0.25, 0.3) is 0 Å². The molecule has 0 radical (unpaired) electrons. The molecule has 1 unspecified atom stereocenters. The number of carboxylic acids is 1. The second-order valence-corrected chi connectivity index (χ2v) is 6.03. The van der Waals surface area contributed by atoms with E-state index in [-0.39, 0.29) is 5.69 Å². The van der Waals surface area contributed by atoms with E-state index in [2.05, 4.69) is 0 Å². The van der Waals surface area contributed by atoms with Crippen molar-refractivity contribution < 1.29 is 31.5 Å². The van der Waals surface area contributed by atoms with Gasteiger partial charge in [-0.1, -0.05) is 0 Å². The summed E-state index contributed by atoms with van der Waals surface area (Å²) in [5.41, 5.74) is -0.283. The summed E-state index contributed by atoms with van der Waals surface area (Å²) >= 11 is 0. The van der Waals surface area contributed by atoms with Gasteiger partial charge in [0.05, 0.1) is 6.42 Å². The van der Waals surface area contributed by atoms with Crippen LogP contribution < -0.4 is 4.72 Å². The number of aryl methyl sites for hydroxylation is 1. The van der Waals surface area contributed by atoms with Crippen molar-refractivity contribution in [1.29, 1.82) is 0 Å². The zero-order valence-electron chi connectivity index (χ0n) is 10.6. The molecular weight excluding hydrogens is 301 g/mol. The van der Waals surface area contributed by atoms with Crippen molar-refractivity contribution in [3.05, 3.63) is 18.0 Å². The Labute approximate surface area is 113 Å². The van der Waals surface area contributed by atoms with Crippen molar-refractivity contribution in [2.75, 3.05) is 0 Å². The number of hydrogen-bond donors (Lipinski definition) is 2. The van der Waals surface area contributed by atoms with Crippen molar-refractivity contribution in [3.63, 3.8) is 0 Å². The molecule has 114 valence electrons. The lowest BCUT2D eigenvalue weighted by atomic mass is 10.2. The molecule has 0 bridgehead atoms. The molecule has 0 aliphatic heterocycles. The van der Waals surface area contributed by atoms with Gasteiger partial charge < -0.3 is 9.67 Å². The second kappa shape index (κ2) is 5.44. The smallest absolute Gasteiger partial charge is 0.390 e. The summed E-state index contributed by atoms with van der Waals surface area (Å²) in [7, 11) is -2.88. The van der Waals surface area contributed by atoms with Gasteiger partial charge in [0, 0.05) is 19.3 Å². The fourth-order valence-electron chi connectivity index (χ4n) is 1.62. The lowest BCUT2D eigenvalue weighted by Gasteiger charge is -2.15. The van der Waals surface area contributed by atoms with Gasteiger partial charge in [-0.15, -0.1) is 0 Å². The molecule has 1 rings (SSSR count). The third kappa shape index (κ3) is 4.23. The molecule has 0 saturated heterocycles. The average molecular weight is 314 g/mol. The fourth-order valence-corrected chi connectivity index (χ4v) is 2.93. The molecule has 0 saturated carbocycles. The predicted octanol–water partition coefficient (Wildman–Crippen LogP) is 1.34. The molecule has 1 atom stereocenters. The van der Waals surface area contributed by atoms with E-state index >= 15 is 0 Å². The summed E-state index contributed by atoms with van der Waals surface area (Å²) in [6, 6.07) is -0.473. The van der Waals surface area contributed by atoms with Crippen LogP contribution in [0.15, 0.2) is 17.2 Å². The Bertz CT molecular complexity index is 607. The molecule has 10 heteroatoms. The minimum atomic E-state index is -4.50. The first kappa shape index (κ1) is 16.5. The third-order valence-electron chi connectivity index (χ3n) is 2.40. The Kier molecular flexibility index (Phi) is 4.49. The van der Waals surface area contributed by atoms with Gasteiger partial charge in [0.15, 0.2) is 0 Å². The van der Waals surface area contributed by atoms with E-state index in [9.17, 15) is 26.4 Å². The maximum Gasteiger partial charge on any atom is 0.390 e. The number of sulfonamides is 1. The van der Waals surface area contributed by atoms with E-state index in [1.807, 2.05) is 4.72 Å². The molecule has 20 heavy (non-hydrogen) atoms. The summed E-state index contributed by atoms with van der Waals surface area (Å²) in [5.74, 6) is -1.34. The SMILES string of the molecule is CC(CC(F)(F)F)NS(=O)(=O)c1cc(C(=O)O)n(C)c1. The Balaban J connectivity index is 2.95. The highest BCUT2D eigenvalue weighted by Crippen LogP contribution is 2.22. The summed E-state index contributed by atoms with van der Waals surface area (Å²) in [4.78, 5) is 10.4. The molecule has 1 aromatic rings. The van der Waals surface area contributed by atoms with E-state index in [0.29, 0.717) is 0 Å². The number of nitrogens with one attached hydrogen (secondary N) is 1. The lowest BCUT2D eigenvalue weighted by Crippen LogP contribution is -2.35. The van der Waals surface area contributed by atoms with E-state index in [0.717, 1.165) is 23.8 Å². The Morgan fingerprint density at radius 3 is 2.45 bits per heavy atom. The van der Waals surface area contributed by atoms with Gasteiger partial charge >= 0.3 is 12.1 Å². The summed E-state index contributed by atoms with van der Waals surface area (Å²) < 4.78 is 63.0. The van der Waals surface area contributed by atoms with Crippen LogP contribution in [0.2, 0.25) is 0 Å². The van der Waals surface area contributed by atoms with Gasteiger partial charge in [-0.3, -0.25) is 0 Å². The number of carboxylic acid groups (broad SMARTS) is 1. The van der Waals surface area contributed by atoms with E-state index in [1.54, 1.807) is 0 Å². The molecule has 6 nitrogen and oxygen atoms in total. The summed E-state index contributed by atoms with van der Waals surface area (Å²) in [5, 5.41) is 8.79. The first-order chi connectivity index (χ1) is 8.92. The van der Waals surface area contributed by atoms with Crippen LogP contribution >= 0.6 is 0 Å². The largest absolute Gasteiger partial charge is 0.477 e. The van der Waals surface area contributed by atoms with Crippen LogP contribution in [-0.2, 0) is 17.1 Å². The molecule has 0 spiro atoms. The van der Waals surface area contributed by atoms with Crippen molar-refractivity contribution in [2.45, 2.75) is 30.5 Å². The lowest BCUT2D eigenvalue weighted by molar-refractivity contribution is -0.137. The highest BCUT2D eigenvalue weighted by molar-refractivity contribution is 7.89. The van der Waals surface area contributed by atoms with E-state index < -0.39 is 39.5 Å². The number of hydrogen-bond acceptors (Lipinski definition) is 3. The molecule has 0 amide bonds. The zero-order chi connectivity index (χ0) is 15.7. The Morgan fingerprint density at radius 1 is 1.50 bits per heavy atom. The standard InChI is InChI=1S/C10H13F3N2O4S/c1-6(4-10(11,12)13)14-20(18,19)7-3-8(9(16)17)15(2)5-7/h3,5-6,14H,4H2,1-2H3,(H,16,17). The van der Waals surface area contributed by atoms with Crippen molar-refractivity contribution in [3.8, 4) is 0 Å². The Morgan fingerprint density at radius 2 is 2.05 bits per heavy atom. The van der Waals surface area contributed by atoms with Gasteiger partial charge in [-0.05, 0) is 13.0 Å². The number of rotatable bonds is 5. The number of halogens is 3. The van der Waals surface area contributed by atoms with Crippen LogP contribution in [0.4, 0.5) is 13.2 Å². The highest BCUT2D eigenvalue weighted by atomic mass is 32.2. The third-order valence-corrected chi connectivity index (χ3v) is 3.96. The van der Waals surface area contributed by atoms with Gasteiger partial charge in [-0.25, -0.2) is 17.9 Å². The minimum absolute atomic E-state index is 0.283. The molecule has 1 heterocycles. The van der Waals surface area contributed by atoms with Crippen molar-refractivity contribution in [2.24, 2.45) is 7.05 Å². The first-order valence-electron chi connectivity index (χ1n) is 5.41. The summed E-state index contributed by atoms with van der Waals surface area (Å²) in [6.07, 6.45) is -4.79. The predicted molar refractivity (Wildman–Crippen MR) is 62.8 cm³/mol. The van der Waals surface area contributed by atoms with Crippen LogP contribution in [0.3, 0.4) is 0 Å². The number of aromatic carboxylic acids is 1. The average Bonchev–Trinajstić information content (AvgIpc) is 2.56. The van der Waals surface area contributed by atoms with Crippen LogP contribution in [0, 0.1) is 0 Å².